The van der Waals surface area contributed by atoms with Gasteiger partial charge in [0.1, 0.15) is 5.82 Å². The Kier molecular flexibility index (Phi) is 8.10. The molecule has 0 saturated carbocycles. The van der Waals surface area contributed by atoms with Gasteiger partial charge in [-0.3, -0.25) is 0 Å². The van der Waals surface area contributed by atoms with E-state index in [0.29, 0.717) is 0 Å². The molecule has 0 fully saturated rings. The van der Waals surface area contributed by atoms with Crippen molar-refractivity contribution < 1.29 is 17.6 Å². The van der Waals surface area contributed by atoms with Gasteiger partial charge < -0.3 is 9.13 Å². The number of aromatic nitrogens is 2. The molecule has 0 aliphatic heterocycles. The van der Waals surface area contributed by atoms with Gasteiger partial charge in [-0.15, -0.1) is 0 Å². The summed E-state index contributed by atoms with van der Waals surface area (Å²) in [6, 6.07) is 32.9. The van der Waals surface area contributed by atoms with Gasteiger partial charge in [-0.05, 0) is 109 Å². The van der Waals surface area contributed by atoms with Gasteiger partial charge in [0.15, 0.2) is 0 Å². The zero-order valence-corrected chi connectivity index (χ0v) is 32.2. The van der Waals surface area contributed by atoms with Crippen LogP contribution in [0.25, 0.3) is 66.1 Å². The fourth-order valence-electron chi connectivity index (χ4n) is 8.03. The van der Waals surface area contributed by atoms with E-state index in [1.807, 2.05) is 71.5 Å². The van der Waals surface area contributed by atoms with E-state index < -0.39 is 23.1 Å². The van der Waals surface area contributed by atoms with E-state index in [-0.39, 0.29) is 33.3 Å². The van der Waals surface area contributed by atoms with E-state index in [1.54, 1.807) is 12.1 Å². The van der Waals surface area contributed by atoms with Gasteiger partial charge >= 0.3 is 6.18 Å². The molecule has 55 heavy (non-hydrogen) atoms. The standard InChI is InChI=1S/C48H41F4N3/c1-27-12-16-38-32(20-27)34-24-30(46(3,4)5)14-18-40(34)54(38)42-22-29(26-53)23-43(45(42)44-36(48(50,51)52)10-9-11-37(44)49)55-39-17-13-28(2)21-33(39)35-25-31(47(6,7)8)15-19-41(35)55/h9-25H,1-8H3. The Balaban J connectivity index is 1.63. The molecule has 0 atom stereocenters. The van der Waals surface area contributed by atoms with Crippen LogP contribution in [0.4, 0.5) is 17.6 Å². The van der Waals surface area contributed by atoms with Crippen molar-refractivity contribution in [1.29, 1.82) is 5.26 Å². The van der Waals surface area contributed by atoms with Gasteiger partial charge in [-0.1, -0.05) is 83.0 Å². The summed E-state index contributed by atoms with van der Waals surface area (Å²) < 4.78 is 66.0. The number of benzene rings is 6. The summed E-state index contributed by atoms with van der Waals surface area (Å²) >= 11 is 0. The van der Waals surface area contributed by atoms with E-state index in [1.165, 1.54) is 0 Å². The SMILES string of the molecule is Cc1ccc2c(c1)c1cc(C(C)(C)C)ccc1n2-c1cc(C#N)cc(-n2c3ccc(C)cc3c3cc(C(C)(C)C)ccc32)c1-c1c(F)cccc1C(F)(F)F. The molecule has 8 aromatic rings. The second-order valence-electron chi connectivity index (χ2n) is 16.8. The summed E-state index contributed by atoms with van der Waals surface area (Å²) in [6.45, 7) is 16.8. The molecule has 0 unspecified atom stereocenters. The number of nitriles is 1. The van der Waals surface area contributed by atoms with Crippen molar-refractivity contribution in [2.45, 2.75) is 72.4 Å². The van der Waals surface area contributed by atoms with Crippen molar-refractivity contribution in [2.75, 3.05) is 0 Å². The number of alkyl halides is 3. The summed E-state index contributed by atoms with van der Waals surface area (Å²) in [4.78, 5) is 0. The third kappa shape index (κ3) is 5.87. The highest BCUT2D eigenvalue weighted by Crippen LogP contribution is 2.48. The number of nitrogens with zero attached hydrogens (tertiary/aromatic N) is 3. The lowest BCUT2D eigenvalue weighted by Gasteiger charge is -2.24. The quantitative estimate of drug-likeness (QED) is 0.166. The molecule has 8 rings (SSSR count). The summed E-state index contributed by atoms with van der Waals surface area (Å²) in [5, 5.41) is 14.3. The van der Waals surface area contributed by atoms with Crippen LogP contribution in [-0.2, 0) is 17.0 Å². The number of aryl methyl sites for hydroxylation is 2. The molecule has 0 aliphatic carbocycles. The lowest BCUT2D eigenvalue weighted by molar-refractivity contribution is -0.137. The molecule has 0 bridgehead atoms. The first-order valence-electron chi connectivity index (χ1n) is 18.4. The maximum Gasteiger partial charge on any atom is 0.417 e. The first-order chi connectivity index (χ1) is 25.9. The Labute approximate surface area is 318 Å². The molecule has 3 nitrogen and oxygen atoms in total. The molecule has 2 heterocycles. The van der Waals surface area contributed by atoms with E-state index in [0.717, 1.165) is 84.1 Å². The molecule has 0 amide bonds. The third-order valence-electron chi connectivity index (χ3n) is 10.8. The van der Waals surface area contributed by atoms with Gasteiger partial charge in [-0.2, -0.15) is 18.4 Å². The minimum Gasteiger partial charge on any atom is -0.308 e. The zero-order chi connectivity index (χ0) is 39.4. The summed E-state index contributed by atoms with van der Waals surface area (Å²) in [7, 11) is 0. The second-order valence-corrected chi connectivity index (χ2v) is 16.8. The maximum atomic E-state index is 16.6. The fourth-order valence-corrected chi connectivity index (χ4v) is 8.03. The van der Waals surface area contributed by atoms with Crippen molar-refractivity contribution in [1.82, 2.24) is 9.13 Å². The van der Waals surface area contributed by atoms with E-state index in [9.17, 15) is 5.26 Å². The largest absolute Gasteiger partial charge is 0.417 e. The van der Waals surface area contributed by atoms with Crippen molar-refractivity contribution in [2.24, 2.45) is 0 Å². The summed E-state index contributed by atoms with van der Waals surface area (Å²) in [6.07, 6.45) is -4.89. The minimum absolute atomic E-state index is 0.0305. The minimum atomic E-state index is -4.89. The molecule has 0 spiro atoms. The van der Waals surface area contributed by atoms with Crippen LogP contribution in [0, 0.1) is 31.0 Å². The van der Waals surface area contributed by atoms with E-state index >= 15 is 17.6 Å². The van der Waals surface area contributed by atoms with Gasteiger partial charge in [0, 0.05) is 32.7 Å². The third-order valence-corrected chi connectivity index (χ3v) is 10.8. The Morgan fingerprint density at radius 1 is 0.527 bits per heavy atom. The molecule has 2 aromatic heterocycles. The van der Waals surface area contributed by atoms with Crippen LogP contribution in [-0.4, -0.2) is 9.13 Å². The average Bonchev–Trinajstić information content (AvgIpc) is 3.61. The predicted molar refractivity (Wildman–Crippen MR) is 217 cm³/mol. The van der Waals surface area contributed by atoms with Crippen molar-refractivity contribution >= 4 is 43.6 Å². The van der Waals surface area contributed by atoms with E-state index in [2.05, 4.69) is 71.9 Å². The Bertz CT molecular complexity index is 2760. The molecule has 7 heteroatoms. The zero-order valence-electron chi connectivity index (χ0n) is 32.2. The van der Waals surface area contributed by atoms with Gasteiger partial charge in [0.05, 0.1) is 50.6 Å². The molecular weight excluding hydrogens is 695 g/mol. The van der Waals surface area contributed by atoms with Crippen LogP contribution in [0.15, 0.2) is 103 Å². The summed E-state index contributed by atoms with van der Waals surface area (Å²) in [5.41, 5.74) is 5.89. The Hall–Kier alpha value is -5.87. The highest BCUT2D eigenvalue weighted by Gasteiger charge is 2.37. The van der Waals surface area contributed by atoms with Crippen molar-refractivity contribution in [3.63, 3.8) is 0 Å². The smallest absolute Gasteiger partial charge is 0.308 e. The van der Waals surface area contributed by atoms with Gasteiger partial charge in [0.2, 0.25) is 0 Å². The predicted octanol–water partition coefficient (Wildman–Crippen LogP) is 13.8. The highest BCUT2D eigenvalue weighted by atomic mass is 19.4. The number of fused-ring (bicyclic) bond motifs is 6. The van der Waals surface area contributed by atoms with E-state index in [4.69, 9.17) is 0 Å². The topological polar surface area (TPSA) is 33.6 Å². The molecule has 0 radical (unpaired) electrons. The Morgan fingerprint density at radius 2 is 0.945 bits per heavy atom. The van der Waals surface area contributed by atoms with Crippen molar-refractivity contribution in [3.8, 4) is 28.6 Å². The number of hydrogen-bond acceptors (Lipinski definition) is 1. The highest BCUT2D eigenvalue weighted by molar-refractivity contribution is 6.12. The maximum absolute atomic E-state index is 16.6. The van der Waals surface area contributed by atoms with Crippen molar-refractivity contribution in [3.05, 3.63) is 142 Å². The first kappa shape index (κ1) is 36.1. The molecule has 276 valence electrons. The van der Waals surface area contributed by atoms with Crippen LogP contribution >= 0.6 is 0 Å². The normalized spacial score (nSPS) is 12.7. The fraction of sp³-hybridized carbons (Fsp3) is 0.229. The van der Waals surface area contributed by atoms with Crippen LogP contribution in [0.3, 0.4) is 0 Å². The first-order valence-corrected chi connectivity index (χ1v) is 18.4. The Morgan fingerprint density at radius 3 is 1.35 bits per heavy atom. The molecular formula is C48H41F4N3. The summed E-state index contributed by atoms with van der Waals surface area (Å²) in [5.74, 6) is -1.01. The molecule has 0 aliphatic rings. The lowest BCUT2D eigenvalue weighted by atomic mass is 9.86. The monoisotopic (exact) mass is 735 g/mol. The number of halogens is 4. The van der Waals surface area contributed by atoms with Gasteiger partial charge in [-0.25, -0.2) is 4.39 Å². The second kappa shape index (κ2) is 12.3. The van der Waals surface area contributed by atoms with Crippen LogP contribution in [0.5, 0.6) is 0 Å². The van der Waals surface area contributed by atoms with Crippen LogP contribution in [0.1, 0.15) is 74.9 Å². The lowest BCUT2D eigenvalue weighted by Crippen LogP contribution is -2.12. The molecule has 0 N–H and O–H groups in total. The van der Waals surface area contributed by atoms with Crippen LogP contribution < -0.4 is 0 Å². The molecule has 0 saturated heterocycles. The van der Waals surface area contributed by atoms with Gasteiger partial charge in [0.25, 0.3) is 0 Å². The average molecular weight is 736 g/mol. The molecule has 6 aromatic carbocycles. The van der Waals surface area contributed by atoms with Crippen LogP contribution in [0.2, 0.25) is 0 Å². The number of hydrogen-bond donors (Lipinski definition) is 0. The number of rotatable bonds is 3.